The fourth-order valence-corrected chi connectivity index (χ4v) is 3.49. The van der Waals surface area contributed by atoms with Gasteiger partial charge in [-0.15, -0.1) is 0 Å². The van der Waals surface area contributed by atoms with Crippen LogP contribution in [0.5, 0.6) is 0 Å². The van der Waals surface area contributed by atoms with Gasteiger partial charge in [0.1, 0.15) is 5.69 Å². The molecule has 1 saturated carbocycles. The summed E-state index contributed by atoms with van der Waals surface area (Å²) < 4.78 is 6.42. The predicted octanol–water partition coefficient (Wildman–Crippen LogP) is 1.57. The summed E-state index contributed by atoms with van der Waals surface area (Å²) >= 11 is 5.27. The molecule has 6 nitrogen and oxygen atoms in total. The van der Waals surface area contributed by atoms with Gasteiger partial charge in [-0.1, -0.05) is 12.2 Å². The van der Waals surface area contributed by atoms with E-state index in [1.807, 2.05) is 0 Å². The second-order valence-corrected chi connectivity index (χ2v) is 6.40. The van der Waals surface area contributed by atoms with Crippen molar-refractivity contribution in [3.05, 3.63) is 35.7 Å². The smallest absolute Gasteiger partial charge is 0.354 e. The van der Waals surface area contributed by atoms with Crippen LogP contribution in [0.25, 0.3) is 0 Å². The van der Waals surface area contributed by atoms with Crippen LogP contribution in [0.15, 0.2) is 29.5 Å². The van der Waals surface area contributed by atoms with Gasteiger partial charge in [-0.3, -0.25) is 5.43 Å². The highest BCUT2D eigenvalue weighted by atomic mass is 32.1. The third kappa shape index (κ3) is 3.44. The molecular formula is C16H20N4O2S. The summed E-state index contributed by atoms with van der Waals surface area (Å²) in [5.41, 5.74) is 4.10. The number of hydrogen-bond donors (Lipinski definition) is 2. The number of hydrazone groups is 1. The molecule has 1 heterocycles. The van der Waals surface area contributed by atoms with Crippen molar-refractivity contribution in [3.63, 3.8) is 0 Å². The Morgan fingerprint density at radius 2 is 2.30 bits per heavy atom. The molecule has 2 aliphatic carbocycles. The van der Waals surface area contributed by atoms with Crippen molar-refractivity contribution in [3.8, 4) is 0 Å². The Hall–Kier alpha value is -2.15. The number of aromatic nitrogens is 1. The van der Waals surface area contributed by atoms with E-state index in [1.54, 1.807) is 30.1 Å². The van der Waals surface area contributed by atoms with Gasteiger partial charge in [0, 0.05) is 24.8 Å². The van der Waals surface area contributed by atoms with Gasteiger partial charge < -0.3 is 14.6 Å². The average Bonchev–Trinajstić information content (AvgIpc) is 3.22. The summed E-state index contributed by atoms with van der Waals surface area (Å²) in [6.45, 7) is 0. The molecule has 0 saturated heterocycles. The number of nitrogens with one attached hydrogen (secondary N) is 2. The molecular weight excluding hydrogens is 312 g/mol. The van der Waals surface area contributed by atoms with Crippen LogP contribution in [0.3, 0.4) is 0 Å². The van der Waals surface area contributed by atoms with E-state index in [0.717, 1.165) is 12.0 Å². The highest BCUT2D eigenvalue weighted by molar-refractivity contribution is 7.80. The Bertz CT molecular complexity index is 680. The number of carbonyl (C=O) groups is 1. The molecule has 7 heteroatoms. The quantitative estimate of drug-likeness (QED) is 0.288. The molecule has 1 aromatic rings. The molecule has 3 atom stereocenters. The summed E-state index contributed by atoms with van der Waals surface area (Å²) in [7, 11) is 3.14. The lowest BCUT2D eigenvalue weighted by molar-refractivity contribution is 0.0590. The number of esters is 1. The van der Waals surface area contributed by atoms with Crippen molar-refractivity contribution in [2.24, 2.45) is 24.0 Å². The van der Waals surface area contributed by atoms with Crippen molar-refractivity contribution in [1.82, 2.24) is 15.3 Å². The zero-order valence-electron chi connectivity index (χ0n) is 13.2. The highest BCUT2D eigenvalue weighted by Gasteiger charge is 2.35. The molecule has 122 valence electrons. The van der Waals surface area contributed by atoms with Crippen LogP contribution in [0, 0.1) is 11.8 Å². The SMILES string of the molecule is COC(=O)c1cc(/C=N\NC(=S)NC2CC3C=CC2C3)cn1C. The van der Waals surface area contributed by atoms with Crippen LogP contribution in [0.1, 0.15) is 28.9 Å². The Morgan fingerprint density at radius 3 is 2.96 bits per heavy atom. The molecule has 2 N–H and O–H groups in total. The molecule has 2 bridgehead atoms. The molecule has 1 fully saturated rings. The number of fused-ring (bicyclic) bond motifs is 2. The summed E-state index contributed by atoms with van der Waals surface area (Å²) in [5, 5.41) is 7.96. The second-order valence-electron chi connectivity index (χ2n) is 5.99. The first kappa shape index (κ1) is 15.7. The van der Waals surface area contributed by atoms with Gasteiger partial charge in [-0.2, -0.15) is 5.10 Å². The van der Waals surface area contributed by atoms with Gasteiger partial charge in [0.25, 0.3) is 0 Å². The number of thiocarbonyl (C=S) groups is 1. The lowest BCUT2D eigenvalue weighted by Crippen LogP contribution is -2.42. The van der Waals surface area contributed by atoms with Gasteiger partial charge in [0.15, 0.2) is 5.11 Å². The zero-order valence-corrected chi connectivity index (χ0v) is 14.0. The van der Waals surface area contributed by atoms with Gasteiger partial charge in [-0.25, -0.2) is 4.79 Å². The first-order valence-electron chi connectivity index (χ1n) is 7.59. The average molecular weight is 332 g/mol. The first-order valence-corrected chi connectivity index (χ1v) is 8.00. The predicted molar refractivity (Wildman–Crippen MR) is 92.4 cm³/mol. The van der Waals surface area contributed by atoms with E-state index in [2.05, 4.69) is 28.0 Å². The number of ether oxygens (including phenoxy) is 1. The monoisotopic (exact) mass is 332 g/mol. The first-order chi connectivity index (χ1) is 11.1. The largest absolute Gasteiger partial charge is 0.464 e. The second kappa shape index (κ2) is 6.54. The molecule has 0 aliphatic heterocycles. The number of rotatable bonds is 4. The van der Waals surface area contributed by atoms with Crippen molar-refractivity contribution in [2.45, 2.75) is 18.9 Å². The maximum absolute atomic E-state index is 11.5. The minimum atomic E-state index is -0.373. The summed E-state index contributed by atoms with van der Waals surface area (Å²) in [6, 6.07) is 2.12. The number of nitrogens with zero attached hydrogens (tertiary/aromatic N) is 2. The van der Waals surface area contributed by atoms with E-state index < -0.39 is 0 Å². The topological polar surface area (TPSA) is 67.7 Å². The molecule has 1 aromatic heterocycles. The number of allylic oxidation sites excluding steroid dienone is 1. The number of hydrogen-bond acceptors (Lipinski definition) is 4. The minimum Gasteiger partial charge on any atom is -0.464 e. The van der Waals surface area contributed by atoms with E-state index >= 15 is 0 Å². The molecule has 3 rings (SSSR count). The van der Waals surface area contributed by atoms with E-state index in [1.165, 1.54) is 13.5 Å². The molecule has 3 unspecified atom stereocenters. The Kier molecular flexibility index (Phi) is 4.47. The van der Waals surface area contributed by atoms with Crippen molar-refractivity contribution in [2.75, 3.05) is 7.11 Å². The fraction of sp³-hybridized carbons (Fsp3) is 0.438. The van der Waals surface area contributed by atoms with Crippen LogP contribution in [0.4, 0.5) is 0 Å². The van der Waals surface area contributed by atoms with Gasteiger partial charge in [-0.05, 0) is 43.0 Å². The van der Waals surface area contributed by atoms with Crippen LogP contribution in [-0.2, 0) is 11.8 Å². The fourth-order valence-electron chi connectivity index (χ4n) is 3.28. The lowest BCUT2D eigenvalue weighted by atomic mass is 10.0. The lowest BCUT2D eigenvalue weighted by Gasteiger charge is -2.20. The Morgan fingerprint density at radius 1 is 1.48 bits per heavy atom. The van der Waals surface area contributed by atoms with Crippen LogP contribution >= 0.6 is 12.2 Å². The molecule has 0 radical (unpaired) electrons. The van der Waals surface area contributed by atoms with Gasteiger partial charge >= 0.3 is 5.97 Å². The molecule has 0 spiro atoms. The van der Waals surface area contributed by atoms with Crippen LogP contribution in [-0.4, -0.2) is 35.0 Å². The van der Waals surface area contributed by atoms with E-state index in [0.29, 0.717) is 28.7 Å². The standard InChI is InChI=1S/C16H20N4O2S/c1-20-9-11(7-14(20)15(21)22-2)8-17-19-16(23)18-13-6-10-3-4-12(13)5-10/h3-4,7-10,12-13H,5-6H2,1-2H3,(H2,18,19,23)/b17-8-. The number of aryl methyl sites for hydroxylation is 1. The van der Waals surface area contributed by atoms with Crippen molar-refractivity contribution < 1.29 is 9.53 Å². The third-order valence-corrected chi connectivity index (χ3v) is 4.60. The maximum atomic E-state index is 11.5. The zero-order chi connectivity index (χ0) is 16.4. The molecule has 0 aromatic carbocycles. The molecule has 23 heavy (non-hydrogen) atoms. The maximum Gasteiger partial charge on any atom is 0.354 e. The van der Waals surface area contributed by atoms with Crippen LogP contribution < -0.4 is 10.7 Å². The molecule has 2 aliphatic rings. The normalized spacial score (nSPS) is 25.0. The summed E-state index contributed by atoms with van der Waals surface area (Å²) in [6.07, 6.45) is 10.4. The molecule has 0 amide bonds. The van der Waals surface area contributed by atoms with E-state index in [9.17, 15) is 4.79 Å². The number of carbonyl (C=O) groups excluding carboxylic acids is 1. The van der Waals surface area contributed by atoms with Gasteiger partial charge in [0.05, 0.1) is 13.3 Å². The summed E-state index contributed by atoms with van der Waals surface area (Å²) in [5.74, 6) is 0.909. The van der Waals surface area contributed by atoms with Crippen molar-refractivity contribution in [1.29, 1.82) is 0 Å². The minimum absolute atomic E-state index is 0.373. The summed E-state index contributed by atoms with van der Waals surface area (Å²) in [4.78, 5) is 11.5. The van der Waals surface area contributed by atoms with Crippen molar-refractivity contribution >= 4 is 29.5 Å². The highest BCUT2D eigenvalue weighted by Crippen LogP contribution is 2.38. The Labute approximate surface area is 140 Å². The third-order valence-electron chi connectivity index (χ3n) is 4.40. The Balaban J connectivity index is 1.51. The number of methoxy groups -OCH3 is 1. The van der Waals surface area contributed by atoms with E-state index in [4.69, 9.17) is 17.0 Å². The van der Waals surface area contributed by atoms with Gasteiger partial charge in [0.2, 0.25) is 0 Å². The van der Waals surface area contributed by atoms with E-state index in [-0.39, 0.29) is 5.97 Å². The van der Waals surface area contributed by atoms with Crippen LogP contribution in [0.2, 0.25) is 0 Å².